The Morgan fingerprint density at radius 1 is 1.52 bits per heavy atom. The van der Waals surface area contributed by atoms with Crippen molar-refractivity contribution in [3.63, 3.8) is 0 Å². The van der Waals surface area contributed by atoms with Crippen LogP contribution in [0, 0.1) is 5.92 Å². The third kappa shape index (κ3) is 2.52. The van der Waals surface area contributed by atoms with Crippen LogP contribution in [0.2, 0.25) is 0 Å². The molecule has 2 aromatic rings. The highest BCUT2D eigenvalue weighted by atomic mass is 79.9. The van der Waals surface area contributed by atoms with E-state index in [1.165, 1.54) is 13.4 Å². The molecular formula is C14H19BrN4O4. The van der Waals surface area contributed by atoms with Gasteiger partial charge in [-0.15, -0.1) is 0 Å². The standard InChI is InChI=1S/C14H19BrN4O4/c1-14(22)9(3-7(5-20)11(14)21)19-4-8(15)10-12(18-23-2)16-6-17-13(10)19/h4,6-7,9,11,20-22H,3,5H2,1-2H3,(H,16,17,18)/t7?,9?,11?,14-/m0/s1. The molecule has 2 aromatic heterocycles. The van der Waals surface area contributed by atoms with E-state index < -0.39 is 17.7 Å². The number of hydrogen-bond acceptors (Lipinski definition) is 7. The van der Waals surface area contributed by atoms with Crippen LogP contribution in [0.15, 0.2) is 17.0 Å². The van der Waals surface area contributed by atoms with Crippen molar-refractivity contribution >= 4 is 32.8 Å². The summed E-state index contributed by atoms with van der Waals surface area (Å²) < 4.78 is 2.55. The summed E-state index contributed by atoms with van der Waals surface area (Å²) in [6.07, 6.45) is 2.63. The summed E-state index contributed by atoms with van der Waals surface area (Å²) >= 11 is 3.48. The van der Waals surface area contributed by atoms with Crippen LogP contribution in [0.3, 0.4) is 0 Å². The Morgan fingerprint density at radius 2 is 2.26 bits per heavy atom. The number of aromatic nitrogens is 3. The zero-order valence-corrected chi connectivity index (χ0v) is 14.4. The van der Waals surface area contributed by atoms with Crippen LogP contribution in [0.25, 0.3) is 11.0 Å². The van der Waals surface area contributed by atoms with Gasteiger partial charge in [0, 0.05) is 23.2 Å². The minimum atomic E-state index is -1.38. The summed E-state index contributed by atoms with van der Waals surface area (Å²) in [5, 5.41) is 31.1. The maximum absolute atomic E-state index is 10.7. The van der Waals surface area contributed by atoms with E-state index in [0.29, 0.717) is 23.3 Å². The molecule has 0 bridgehead atoms. The Kier molecular flexibility index (Phi) is 4.32. The zero-order chi connectivity index (χ0) is 16.8. The fraction of sp³-hybridized carbons (Fsp3) is 0.571. The van der Waals surface area contributed by atoms with Crippen molar-refractivity contribution in [3.05, 3.63) is 17.0 Å². The molecule has 0 aliphatic heterocycles. The molecule has 0 aromatic carbocycles. The van der Waals surface area contributed by atoms with Crippen molar-refractivity contribution in [2.75, 3.05) is 19.2 Å². The van der Waals surface area contributed by atoms with Crippen LogP contribution in [0.4, 0.5) is 5.82 Å². The first-order valence-electron chi connectivity index (χ1n) is 7.23. The molecule has 3 unspecified atom stereocenters. The Hall–Kier alpha value is -1.26. The second-order valence-electron chi connectivity index (χ2n) is 5.98. The topological polar surface area (TPSA) is 113 Å². The number of nitrogens with zero attached hydrogens (tertiary/aromatic N) is 3. The Morgan fingerprint density at radius 3 is 2.87 bits per heavy atom. The molecule has 23 heavy (non-hydrogen) atoms. The van der Waals surface area contributed by atoms with E-state index in [1.807, 2.05) is 0 Å². The van der Waals surface area contributed by atoms with Gasteiger partial charge in [-0.05, 0) is 29.3 Å². The molecule has 1 saturated carbocycles. The number of rotatable bonds is 4. The molecule has 0 saturated heterocycles. The Labute approximate surface area is 141 Å². The van der Waals surface area contributed by atoms with Crippen molar-refractivity contribution in [2.24, 2.45) is 5.92 Å². The van der Waals surface area contributed by atoms with Crippen LogP contribution in [-0.2, 0) is 4.84 Å². The van der Waals surface area contributed by atoms with E-state index >= 15 is 0 Å². The highest BCUT2D eigenvalue weighted by Gasteiger charge is 2.51. The lowest BCUT2D eigenvalue weighted by molar-refractivity contribution is -0.0776. The lowest BCUT2D eigenvalue weighted by atomic mass is 9.96. The van der Waals surface area contributed by atoms with Crippen LogP contribution in [-0.4, -0.2) is 55.3 Å². The van der Waals surface area contributed by atoms with E-state index in [2.05, 4.69) is 31.4 Å². The Balaban J connectivity index is 2.13. The van der Waals surface area contributed by atoms with Crippen molar-refractivity contribution in [1.29, 1.82) is 0 Å². The second kappa shape index (κ2) is 5.99. The lowest BCUT2D eigenvalue weighted by Crippen LogP contribution is -2.42. The van der Waals surface area contributed by atoms with Gasteiger partial charge >= 0.3 is 0 Å². The highest BCUT2D eigenvalue weighted by molar-refractivity contribution is 9.10. The average Bonchev–Trinajstić information content (AvgIpc) is 2.96. The van der Waals surface area contributed by atoms with Gasteiger partial charge in [-0.25, -0.2) is 15.4 Å². The van der Waals surface area contributed by atoms with E-state index in [0.717, 1.165) is 4.47 Å². The van der Waals surface area contributed by atoms with E-state index in [-0.39, 0.29) is 12.5 Å². The molecule has 0 spiro atoms. The highest BCUT2D eigenvalue weighted by Crippen LogP contribution is 2.45. The molecule has 1 aliphatic rings. The minimum absolute atomic E-state index is 0.181. The molecule has 4 atom stereocenters. The smallest absolute Gasteiger partial charge is 0.163 e. The predicted molar refractivity (Wildman–Crippen MR) is 86.7 cm³/mol. The first kappa shape index (κ1) is 16.6. The number of nitrogens with one attached hydrogen (secondary N) is 1. The average molecular weight is 387 g/mol. The monoisotopic (exact) mass is 386 g/mol. The van der Waals surface area contributed by atoms with E-state index in [1.54, 1.807) is 17.7 Å². The van der Waals surface area contributed by atoms with Crippen molar-refractivity contribution in [2.45, 2.75) is 31.1 Å². The zero-order valence-electron chi connectivity index (χ0n) is 12.8. The van der Waals surface area contributed by atoms with Crippen LogP contribution in [0.5, 0.6) is 0 Å². The van der Waals surface area contributed by atoms with Gasteiger partial charge in [0.1, 0.15) is 17.6 Å². The van der Waals surface area contributed by atoms with Gasteiger partial charge in [0.25, 0.3) is 0 Å². The number of halogens is 1. The lowest BCUT2D eigenvalue weighted by Gasteiger charge is -2.30. The van der Waals surface area contributed by atoms with Gasteiger partial charge < -0.3 is 19.9 Å². The maximum atomic E-state index is 10.7. The third-order valence-corrected chi connectivity index (χ3v) is 5.18. The molecule has 3 rings (SSSR count). The van der Waals surface area contributed by atoms with Gasteiger partial charge in [-0.1, -0.05) is 0 Å². The molecule has 1 aliphatic carbocycles. The number of anilines is 1. The summed E-state index contributed by atoms with van der Waals surface area (Å²) in [5.74, 6) is 0.115. The predicted octanol–water partition coefficient (Wildman–Crippen LogP) is 0.832. The van der Waals surface area contributed by atoms with E-state index in [4.69, 9.17) is 4.84 Å². The van der Waals surface area contributed by atoms with Gasteiger partial charge in [0.05, 0.1) is 24.6 Å². The van der Waals surface area contributed by atoms with Crippen LogP contribution < -0.4 is 5.48 Å². The first-order valence-corrected chi connectivity index (χ1v) is 8.02. The Bertz CT molecular complexity index is 720. The molecule has 0 amide bonds. The normalized spacial score (nSPS) is 31.0. The summed E-state index contributed by atoms with van der Waals surface area (Å²) in [4.78, 5) is 13.4. The third-order valence-electron chi connectivity index (χ3n) is 4.58. The number of aliphatic hydroxyl groups is 3. The summed E-state index contributed by atoms with van der Waals surface area (Å²) in [6.45, 7) is 1.40. The van der Waals surface area contributed by atoms with Crippen molar-refractivity contribution in [3.8, 4) is 0 Å². The quantitative estimate of drug-likeness (QED) is 0.575. The number of fused-ring (bicyclic) bond motifs is 1. The molecule has 126 valence electrons. The molecule has 1 fully saturated rings. The molecule has 0 radical (unpaired) electrons. The molecule has 9 heteroatoms. The number of aliphatic hydroxyl groups excluding tert-OH is 2. The number of hydrogen-bond donors (Lipinski definition) is 4. The summed E-state index contributed by atoms with van der Waals surface area (Å²) in [7, 11) is 1.49. The first-order chi connectivity index (χ1) is 10.9. The maximum Gasteiger partial charge on any atom is 0.163 e. The SMILES string of the molecule is CONc1ncnc2c1c(Br)cn2C1CC(CO)C(O)[C@@]1(C)O. The fourth-order valence-electron chi connectivity index (χ4n) is 3.35. The summed E-state index contributed by atoms with van der Waals surface area (Å²) in [6, 6.07) is -0.422. The molecule has 2 heterocycles. The van der Waals surface area contributed by atoms with E-state index in [9.17, 15) is 15.3 Å². The van der Waals surface area contributed by atoms with Gasteiger partial charge in [0.2, 0.25) is 0 Å². The summed E-state index contributed by atoms with van der Waals surface area (Å²) in [5.41, 5.74) is 1.92. The van der Waals surface area contributed by atoms with Crippen molar-refractivity contribution < 1.29 is 20.2 Å². The van der Waals surface area contributed by atoms with Crippen LogP contribution >= 0.6 is 15.9 Å². The molecule has 4 N–H and O–H groups in total. The second-order valence-corrected chi connectivity index (χ2v) is 6.83. The fourth-order valence-corrected chi connectivity index (χ4v) is 3.94. The van der Waals surface area contributed by atoms with Crippen molar-refractivity contribution in [1.82, 2.24) is 14.5 Å². The molecular weight excluding hydrogens is 368 g/mol. The molecule has 8 nitrogen and oxygen atoms in total. The largest absolute Gasteiger partial charge is 0.396 e. The van der Waals surface area contributed by atoms with Gasteiger partial charge in [0.15, 0.2) is 5.82 Å². The van der Waals surface area contributed by atoms with Gasteiger partial charge in [-0.3, -0.25) is 4.84 Å². The van der Waals surface area contributed by atoms with Gasteiger partial charge in [-0.2, -0.15) is 0 Å². The van der Waals surface area contributed by atoms with Crippen LogP contribution in [0.1, 0.15) is 19.4 Å². The minimum Gasteiger partial charge on any atom is -0.396 e.